The fourth-order valence-electron chi connectivity index (χ4n) is 2.33. The quantitative estimate of drug-likeness (QED) is 0.683. The minimum Gasteiger partial charge on any atom is -0.145 e. The van der Waals surface area contributed by atoms with Gasteiger partial charge in [-0.2, -0.15) is 0 Å². The first-order valence-corrected chi connectivity index (χ1v) is 6.59. The number of thiophene rings is 1. The number of aryl methyl sites for hydroxylation is 2. The summed E-state index contributed by atoms with van der Waals surface area (Å²) in [5, 5.41) is 0. The van der Waals surface area contributed by atoms with E-state index in [1.54, 1.807) is 15.3 Å². The second-order valence-electron chi connectivity index (χ2n) is 4.86. The lowest BCUT2D eigenvalue weighted by atomic mass is 9.73. The predicted molar refractivity (Wildman–Crippen MR) is 64.1 cm³/mol. The maximum Gasteiger partial charge on any atom is 0.00805 e. The Hall–Kier alpha value is -0.300. The van der Waals surface area contributed by atoms with Gasteiger partial charge in [0, 0.05) is 9.75 Å². The molecular weight excluding hydrogens is 188 g/mol. The molecule has 0 bridgehead atoms. The van der Waals surface area contributed by atoms with Gasteiger partial charge in [0.1, 0.15) is 0 Å². The summed E-state index contributed by atoms with van der Waals surface area (Å²) >= 11 is 2.05. The summed E-state index contributed by atoms with van der Waals surface area (Å²) in [6.45, 7) is 7.04. The summed E-state index contributed by atoms with van der Waals surface area (Å²) in [4.78, 5) is 3.25. The van der Waals surface area contributed by atoms with Crippen LogP contribution in [0.15, 0.2) is 6.07 Å². The lowest BCUT2D eigenvalue weighted by molar-refractivity contribution is 0.270. The van der Waals surface area contributed by atoms with Gasteiger partial charge in [-0.25, -0.2) is 0 Å². The predicted octanol–water partition coefficient (Wildman–Crippen LogP) is 4.22. The van der Waals surface area contributed by atoms with E-state index < -0.39 is 0 Å². The molecule has 14 heavy (non-hydrogen) atoms. The van der Waals surface area contributed by atoms with Crippen molar-refractivity contribution < 1.29 is 0 Å². The van der Waals surface area contributed by atoms with E-state index in [0.29, 0.717) is 5.41 Å². The molecule has 1 atom stereocenters. The van der Waals surface area contributed by atoms with E-state index >= 15 is 0 Å². The van der Waals surface area contributed by atoms with E-state index in [2.05, 4.69) is 26.8 Å². The van der Waals surface area contributed by atoms with E-state index in [9.17, 15) is 0 Å². The van der Waals surface area contributed by atoms with Crippen molar-refractivity contribution in [3.05, 3.63) is 21.4 Å². The monoisotopic (exact) mass is 208 g/mol. The molecule has 0 aliphatic heterocycles. The average Bonchev–Trinajstić information content (AvgIpc) is 2.59. The highest BCUT2D eigenvalue weighted by atomic mass is 32.1. The van der Waals surface area contributed by atoms with Gasteiger partial charge in [-0.3, -0.25) is 0 Å². The SMILES string of the molecule is CCc1cc2c(s1)CCC(C)(CC)C2. The van der Waals surface area contributed by atoms with Gasteiger partial charge in [0.05, 0.1) is 0 Å². The molecule has 1 aliphatic carbocycles. The van der Waals surface area contributed by atoms with Crippen LogP contribution in [0.4, 0.5) is 0 Å². The number of hydrogen-bond acceptors (Lipinski definition) is 1. The van der Waals surface area contributed by atoms with Crippen LogP contribution in [0.5, 0.6) is 0 Å². The summed E-state index contributed by atoms with van der Waals surface area (Å²) in [6, 6.07) is 2.45. The van der Waals surface area contributed by atoms with Crippen LogP contribution < -0.4 is 0 Å². The average molecular weight is 208 g/mol. The fourth-order valence-corrected chi connectivity index (χ4v) is 3.46. The van der Waals surface area contributed by atoms with Gasteiger partial charge in [0.2, 0.25) is 0 Å². The van der Waals surface area contributed by atoms with Crippen LogP contribution in [0, 0.1) is 5.41 Å². The molecule has 1 aliphatic rings. The summed E-state index contributed by atoms with van der Waals surface area (Å²) < 4.78 is 0. The standard InChI is InChI=1S/C13H20S/c1-4-11-8-10-9-13(3,5-2)7-6-12(10)14-11/h8H,4-7,9H2,1-3H3. The second kappa shape index (κ2) is 3.69. The molecule has 0 saturated carbocycles. The minimum atomic E-state index is 0.582. The lowest BCUT2D eigenvalue weighted by Gasteiger charge is -2.32. The summed E-state index contributed by atoms with van der Waals surface area (Å²) in [6.07, 6.45) is 6.56. The third-order valence-electron chi connectivity index (χ3n) is 3.72. The fraction of sp³-hybridized carbons (Fsp3) is 0.692. The van der Waals surface area contributed by atoms with Crippen molar-refractivity contribution in [1.29, 1.82) is 0 Å². The first-order chi connectivity index (χ1) is 6.67. The summed E-state index contributed by atoms with van der Waals surface area (Å²) in [7, 11) is 0. The Balaban J connectivity index is 2.25. The molecule has 0 aromatic carbocycles. The Labute approximate surface area is 91.4 Å². The van der Waals surface area contributed by atoms with Crippen molar-refractivity contribution in [3.8, 4) is 0 Å². The zero-order chi connectivity index (χ0) is 10.2. The van der Waals surface area contributed by atoms with E-state index in [4.69, 9.17) is 0 Å². The Bertz CT molecular complexity index is 324. The molecular formula is C13H20S. The molecule has 0 nitrogen and oxygen atoms in total. The third kappa shape index (κ3) is 1.75. The normalized spacial score (nSPS) is 26.2. The van der Waals surface area contributed by atoms with Gasteiger partial charge in [0.15, 0.2) is 0 Å². The molecule has 78 valence electrons. The van der Waals surface area contributed by atoms with Gasteiger partial charge >= 0.3 is 0 Å². The molecule has 1 heterocycles. The Morgan fingerprint density at radius 3 is 2.86 bits per heavy atom. The highest BCUT2D eigenvalue weighted by Gasteiger charge is 2.29. The second-order valence-corrected chi connectivity index (χ2v) is 6.08. The molecule has 0 spiro atoms. The molecule has 0 N–H and O–H groups in total. The van der Waals surface area contributed by atoms with Crippen molar-refractivity contribution in [2.24, 2.45) is 5.41 Å². The zero-order valence-electron chi connectivity index (χ0n) is 9.52. The van der Waals surface area contributed by atoms with Gasteiger partial charge in [-0.05, 0) is 42.7 Å². The molecule has 0 fully saturated rings. The Kier molecular flexibility index (Phi) is 2.70. The molecule has 1 aromatic rings. The summed E-state index contributed by atoms with van der Waals surface area (Å²) in [5.74, 6) is 0. The molecule has 0 saturated heterocycles. The number of fused-ring (bicyclic) bond motifs is 1. The van der Waals surface area contributed by atoms with Crippen LogP contribution in [0.1, 0.15) is 48.9 Å². The van der Waals surface area contributed by atoms with Crippen LogP contribution >= 0.6 is 11.3 Å². The molecule has 2 rings (SSSR count). The third-order valence-corrected chi connectivity index (χ3v) is 5.10. The largest absolute Gasteiger partial charge is 0.145 e. The van der Waals surface area contributed by atoms with E-state index in [0.717, 1.165) is 0 Å². The van der Waals surface area contributed by atoms with Crippen LogP contribution in [-0.4, -0.2) is 0 Å². The molecule has 1 aromatic heterocycles. The highest BCUT2D eigenvalue weighted by Crippen LogP contribution is 2.40. The van der Waals surface area contributed by atoms with Crippen LogP contribution in [0.25, 0.3) is 0 Å². The van der Waals surface area contributed by atoms with Gasteiger partial charge in [-0.1, -0.05) is 27.2 Å². The first kappa shape index (κ1) is 10.2. The van der Waals surface area contributed by atoms with Crippen molar-refractivity contribution in [3.63, 3.8) is 0 Å². The molecule has 0 radical (unpaired) electrons. The van der Waals surface area contributed by atoms with Crippen LogP contribution in [-0.2, 0) is 19.3 Å². The maximum absolute atomic E-state index is 2.45. The Morgan fingerprint density at radius 1 is 1.43 bits per heavy atom. The zero-order valence-corrected chi connectivity index (χ0v) is 10.3. The van der Waals surface area contributed by atoms with Crippen molar-refractivity contribution in [2.45, 2.75) is 52.9 Å². The van der Waals surface area contributed by atoms with Gasteiger partial charge in [0.25, 0.3) is 0 Å². The molecule has 1 heteroatoms. The van der Waals surface area contributed by atoms with E-state index in [1.165, 1.54) is 32.1 Å². The first-order valence-electron chi connectivity index (χ1n) is 5.77. The number of rotatable bonds is 2. The minimum absolute atomic E-state index is 0.582. The van der Waals surface area contributed by atoms with Crippen molar-refractivity contribution >= 4 is 11.3 Å². The maximum atomic E-state index is 2.45. The molecule has 0 amide bonds. The smallest absolute Gasteiger partial charge is 0.00805 e. The summed E-state index contributed by atoms with van der Waals surface area (Å²) in [5.41, 5.74) is 2.24. The highest BCUT2D eigenvalue weighted by molar-refractivity contribution is 7.12. The Morgan fingerprint density at radius 2 is 2.21 bits per heavy atom. The molecule has 1 unspecified atom stereocenters. The topological polar surface area (TPSA) is 0 Å². The van der Waals surface area contributed by atoms with Gasteiger partial charge in [-0.15, -0.1) is 11.3 Å². The van der Waals surface area contributed by atoms with Gasteiger partial charge < -0.3 is 0 Å². The lowest BCUT2D eigenvalue weighted by Crippen LogP contribution is -2.23. The van der Waals surface area contributed by atoms with E-state index in [1.807, 2.05) is 11.3 Å². The van der Waals surface area contributed by atoms with Crippen LogP contribution in [0.2, 0.25) is 0 Å². The van der Waals surface area contributed by atoms with Crippen LogP contribution in [0.3, 0.4) is 0 Å². The van der Waals surface area contributed by atoms with E-state index in [-0.39, 0.29) is 0 Å². The van der Waals surface area contributed by atoms with Crippen molar-refractivity contribution in [1.82, 2.24) is 0 Å². The van der Waals surface area contributed by atoms with Crippen molar-refractivity contribution in [2.75, 3.05) is 0 Å². The number of hydrogen-bond donors (Lipinski definition) is 0.